The van der Waals surface area contributed by atoms with Crippen molar-refractivity contribution < 1.29 is 4.74 Å². The molecule has 1 unspecified atom stereocenters. The summed E-state index contributed by atoms with van der Waals surface area (Å²) in [6.45, 7) is 5.53. The van der Waals surface area contributed by atoms with E-state index < -0.39 is 0 Å². The number of rotatable bonds is 2. The molecule has 1 aliphatic heterocycles. The Morgan fingerprint density at radius 2 is 2.10 bits per heavy atom. The molecule has 0 aliphatic carbocycles. The molecule has 1 saturated heterocycles. The minimum atomic E-state index is 0.0869. The van der Waals surface area contributed by atoms with Crippen LogP contribution < -0.4 is 0 Å². The molecule has 0 aromatic heterocycles. The highest BCUT2D eigenvalue weighted by Crippen LogP contribution is 2.09. The van der Waals surface area contributed by atoms with Crippen molar-refractivity contribution in [1.82, 2.24) is 4.90 Å². The first-order chi connectivity index (χ1) is 4.84. The first kappa shape index (κ1) is 8.31. The summed E-state index contributed by atoms with van der Waals surface area (Å²) in [5, 5.41) is 0. The van der Waals surface area contributed by atoms with E-state index in [2.05, 4.69) is 4.90 Å². The van der Waals surface area contributed by atoms with Crippen LogP contribution in [0, 0.1) is 6.42 Å². The van der Waals surface area contributed by atoms with Gasteiger partial charge < -0.3 is 4.74 Å². The molecule has 0 N–H and O–H groups in total. The van der Waals surface area contributed by atoms with Gasteiger partial charge in [-0.25, -0.2) is 0 Å². The highest BCUT2D eigenvalue weighted by Gasteiger charge is 2.16. The van der Waals surface area contributed by atoms with Crippen LogP contribution in [0.5, 0.6) is 0 Å². The molecule has 10 heavy (non-hydrogen) atoms. The van der Waals surface area contributed by atoms with E-state index in [1.165, 1.54) is 0 Å². The fraction of sp³-hybridized carbons (Fsp3) is 0.857. The molecule has 0 aromatic carbocycles. The molecule has 0 spiro atoms. The highest BCUT2D eigenvalue weighted by atomic mass is 35.5. The van der Waals surface area contributed by atoms with Gasteiger partial charge in [-0.3, -0.25) is 4.90 Å². The summed E-state index contributed by atoms with van der Waals surface area (Å²) < 4.78 is 5.18. The van der Waals surface area contributed by atoms with Crippen LogP contribution in [-0.4, -0.2) is 36.7 Å². The van der Waals surface area contributed by atoms with Crippen LogP contribution in [0.3, 0.4) is 0 Å². The molecule has 59 valence electrons. The number of halogens is 1. The second kappa shape index (κ2) is 4.16. The molecule has 1 radical (unpaired) electrons. The zero-order valence-electron chi connectivity index (χ0n) is 6.22. The van der Waals surface area contributed by atoms with Gasteiger partial charge in [0.05, 0.1) is 18.7 Å². The van der Waals surface area contributed by atoms with Crippen molar-refractivity contribution in [3.8, 4) is 0 Å². The maximum absolute atomic E-state index is 5.96. The molecule has 0 bridgehead atoms. The molecule has 1 aliphatic rings. The molecule has 0 aromatic rings. The number of ether oxygens (including phenoxy) is 1. The first-order valence-electron chi connectivity index (χ1n) is 3.60. The second-order valence-corrected chi connectivity index (χ2v) is 2.80. The summed E-state index contributed by atoms with van der Waals surface area (Å²) in [5.74, 6) is 0. The molecule has 0 saturated carbocycles. The normalized spacial score (nSPS) is 24.6. The van der Waals surface area contributed by atoms with E-state index in [0.717, 1.165) is 26.3 Å². The number of morpholine rings is 1. The van der Waals surface area contributed by atoms with Gasteiger partial charge in [0, 0.05) is 13.1 Å². The molecular weight excluding hydrogens is 150 g/mol. The predicted octanol–water partition coefficient (Wildman–Crippen LogP) is 1.11. The third-order valence-electron chi connectivity index (χ3n) is 1.67. The van der Waals surface area contributed by atoms with Gasteiger partial charge in [0.2, 0.25) is 0 Å². The van der Waals surface area contributed by atoms with Gasteiger partial charge in [0.1, 0.15) is 0 Å². The van der Waals surface area contributed by atoms with Gasteiger partial charge in [-0.2, -0.15) is 0 Å². The molecular formula is C7H13ClNO. The van der Waals surface area contributed by atoms with Gasteiger partial charge in [0.25, 0.3) is 0 Å². The van der Waals surface area contributed by atoms with E-state index in [1.54, 1.807) is 0 Å². The van der Waals surface area contributed by atoms with Gasteiger partial charge in [-0.05, 0) is 6.42 Å². The maximum atomic E-state index is 5.96. The van der Waals surface area contributed by atoms with Crippen molar-refractivity contribution in [2.75, 3.05) is 26.3 Å². The summed E-state index contributed by atoms with van der Waals surface area (Å²) in [6.07, 6.45) is 1.99. The molecule has 0 amide bonds. The summed E-state index contributed by atoms with van der Waals surface area (Å²) >= 11 is 5.96. The fourth-order valence-corrected chi connectivity index (χ4v) is 1.23. The van der Waals surface area contributed by atoms with Crippen molar-refractivity contribution in [2.24, 2.45) is 0 Å². The smallest absolute Gasteiger partial charge is 0.0881 e. The van der Waals surface area contributed by atoms with Crippen molar-refractivity contribution >= 4 is 11.6 Å². The van der Waals surface area contributed by atoms with Crippen molar-refractivity contribution in [1.29, 1.82) is 0 Å². The second-order valence-electron chi connectivity index (χ2n) is 2.35. The Labute approximate surface area is 67.1 Å². The largest absolute Gasteiger partial charge is 0.379 e. The van der Waals surface area contributed by atoms with Crippen LogP contribution in [0.25, 0.3) is 0 Å². The van der Waals surface area contributed by atoms with E-state index in [4.69, 9.17) is 16.3 Å². The lowest BCUT2D eigenvalue weighted by atomic mass is 10.3. The Hall–Kier alpha value is 0.210. The fourth-order valence-electron chi connectivity index (χ4n) is 1.03. The molecule has 3 heteroatoms. The predicted molar refractivity (Wildman–Crippen MR) is 42.0 cm³/mol. The van der Waals surface area contributed by atoms with E-state index in [0.29, 0.717) is 0 Å². The summed E-state index contributed by atoms with van der Waals surface area (Å²) in [4.78, 5) is 2.20. The third-order valence-corrected chi connectivity index (χ3v) is 2.20. The van der Waals surface area contributed by atoms with Gasteiger partial charge in [-0.15, -0.1) is 11.6 Å². The number of nitrogens with zero attached hydrogens (tertiary/aromatic N) is 1. The number of alkyl halides is 1. The van der Waals surface area contributed by atoms with Gasteiger partial charge in [-0.1, -0.05) is 6.92 Å². The summed E-state index contributed by atoms with van der Waals surface area (Å²) in [6, 6.07) is 0. The number of hydrogen-bond acceptors (Lipinski definition) is 2. The quantitative estimate of drug-likeness (QED) is 0.446. The summed E-state index contributed by atoms with van der Waals surface area (Å²) in [5.41, 5.74) is 0.0869. The van der Waals surface area contributed by atoms with E-state index in [9.17, 15) is 0 Å². The third kappa shape index (κ3) is 2.11. The Bertz CT molecular complexity index is 93.6. The molecule has 1 atom stereocenters. The Morgan fingerprint density at radius 3 is 2.60 bits per heavy atom. The summed E-state index contributed by atoms with van der Waals surface area (Å²) in [7, 11) is 0. The van der Waals surface area contributed by atoms with Gasteiger partial charge >= 0.3 is 0 Å². The average Bonchev–Trinajstić information content (AvgIpc) is 2.05. The molecule has 1 heterocycles. The standard InChI is InChI=1S/C7H13ClNO/c1-2-7(8)9-3-5-10-6-4-9/h2,7H,3-6H2,1H3. The lowest BCUT2D eigenvalue weighted by molar-refractivity contribution is 0.0357. The number of hydrogen-bond donors (Lipinski definition) is 0. The minimum Gasteiger partial charge on any atom is -0.379 e. The van der Waals surface area contributed by atoms with Crippen LogP contribution in [0.4, 0.5) is 0 Å². The lowest BCUT2D eigenvalue weighted by Gasteiger charge is -2.29. The Morgan fingerprint density at radius 1 is 1.50 bits per heavy atom. The van der Waals surface area contributed by atoms with Crippen LogP contribution in [0.15, 0.2) is 0 Å². The van der Waals surface area contributed by atoms with E-state index >= 15 is 0 Å². The molecule has 1 rings (SSSR count). The van der Waals surface area contributed by atoms with E-state index in [-0.39, 0.29) is 5.50 Å². The van der Waals surface area contributed by atoms with Crippen LogP contribution in [0.2, 0.25) is 0 Å². The average molecular weight is 163 g/mol. The first-order valence-corrected chi connectivity index (χ1v) is 4.03. The van der Waals surface area contributed by atoms with Crippen molar-refractivity contribution in [2.45, 2.75) is 12.4 Å². The van der Waals surface area contributed by atoms with Crippen LogP contribution >= 0.6 is 11.6 Å². The van der Waals surface area contributed by atoms with E-state index in [1.807, 2.05) is 13.3 Å². The van der Waals surface area contributed by atoms with Crippen LogP contribution in [0.1, 0.15) is 6.92 Å². The zero-order valence-corrected chi connectivity index (χ0v) is 6.97. The Kier molecular flexibility index (Phi) is 3.46. The molecule has 1 fully saturated rings. The van der Waals surface area contributed by atoms with Gasteiger partial charge in [0.15, 0.2) is 0 Å². The zero-order chi connectivity index (χ0) is 7.40. The lowest BCUT2D eigenvalue weighted by Crippen LogP contribution is -2.40. The van der Waals surface area contributed by atoms with Crippen molar-refractivity contribution in [3.63, 3.8) is 0 Å². The maximum Gasteiger partial charge on any atom is 0.0881 e. The Balaban J connectivity index is 2.24. The minimum absolute atomic E-state index is 0.0869. The highest BCUT2D eigenvalue weighted by molar-refractivity contribution is 6.21. The SMILES string of the molecule is C[CH]C(Cl)N1CCOCC1. The topological polar surface area (TPSA) is 12.5 Å². The molecule has 2 nitrogen and oxygen atoms in total. The monoisotopic (exact) mass is 162 g/mol. The van der Waals surface area contributed by atoms with Crippen molar-refractivity contribution in [3.05, 3.63) is 6.42 Å². The van der Waals surface area contributed by atoms with Crippen LogP contribution in [-0.2, 0) is 4.74 Å².